The van der Waals surface area contributed by atoms with Gasteiger partial charge in [-0.2, -0.15) is 5.10 Å². The van der Waals surface area contributed by atoms with Crippen LogP contribution < -0.4 is 10.2 Å². The number of fused-ring (bicyclic) bond motifs is 1. The van der Waals surface area contributed by atoms with Crippen molar-refractivity contribution in [1.82, 2.24) is 34.1 Å². The molecule has 3 aromatic heterocycles. The van der Waals surface area contributed by atoms with Crippen molar-refractivity contribution in [2.24, 2.45) is 12.5 Å². The zero-order chi connectivity index (χ0) is 33.0. The van der Waals surface area contributed by atoms with Crippen LogP contribution in [-0.4, -0.2) is 104 Å². The Morgan fingerprint density at radius 2 is 1.67 bits per heavy atom. The number of aryl methyl sites for hydroxylation is 2. The Morgan fingerprint density at radius 1 is 0.917 bits per heavy atom. The van der Waals surface area contributed by atoms with Gasteiger partial charge in [-0.05, 0) is 114 Å². The Morgan fingerprint density at radius 3 is 2.38 bits per heavy atom. The zero-order valence-electron chi connectivity index (χ0n) is 28.6. The molecule has 48 heavy (non-hydrogen) atoms. The molecule has 1 amide bonds. The van der Waals surface area contributed by atoms with E-state index in [1.807, 2.05) is 32.3 Å². The third kappa shape index (κ3) is 6.12. The fourth-order valence-corrected chi connectivity index (χ4v) is 8.70. The summed E-state index contributed by atoms with van der Waals surface area (Å²) in [5.74, 6) is 0.346. The van der Waals surface area contributed by atoms with E-state index in [1.165, 1.54) is 57.5 Å². The van der Waals surface area contributed by atoms with Crippen LogP contribution in [0.2, 0.25) is 0 Å². The quantitative estimate of drug-likeness (QED) is 0.305. The van der Waals surface area contributed by atoms with Gasteiger partial charge in [-0.1, -0.05) is 0 Å². The Balaban J connectivity index is 1.01. The predicted octanol–water partition coefficient (Wildman–Crippen LogP) is 4.86. The van der Waals surface area contributed by atoms with Gasteiger partial charge in [0.25, 0.3) is 5.91 Å². The first-order valence-electron chi connectivity index (χ1n) is 17.9. The van der Waals surface area contributed by atoms with Gasteiger partial charge in [0.15, 0.2) is 0 Å². The van der Waals surface area contributed by atoms with Gasteiger partial charge in [-0.3, -0.25) is 24.7 Å². The maximum Gasteiger partial charge on any atom is 0.258 e. The van der Waals surface area contributed by atoms with E-state index >= 15 is 0 Å². The lowest BCUT2D eigenvalue weighted by Gasteiger charge is -2.57. The van der Waals surface area contributed by atoms with E-state index in [1.54, 1.807) is 10.9 Å². The first-order chi connectivity index (χ1) is 23.2. The molecule has 2 N–H and O–H groups in total. The van der Waals surface area contributed by atoms with E-state index in [0.29, 0.717) is 28.7 Å². The highest BCUT2D eigenvalue weighted by molar-refractivity contribution is 6.05. The van der Waals surface area contributed by atoms with E-state index in [2.05, 4.69) is 59.9 Å². The number of carbonyl (C=O) groups excluding carboxylic acids is 1. The molecular weight excluding hydrogens is 602 g/mol. The Bertz CT molecular complexity index is 1780. The van der Waals surface area contributed by atoms with E-state index in [4.69, 9.17) is 4.98 Å². The highest BCUT2D eigenvalue weighted by atomic mass is 16.3. The molecule has 1 aliphatic carbocycles. The largest absolute Gasteiger partial charge is 0.393 e. The average molecular weight is 652 g/mol. The maximum atomic E-state index is 13.8. The Labute approximate surface area is 282 Å². The number of hydrogen-bond acceptors (Lipinski definition) is 8. The molecule has 1 spiro atoms. The molecule has 4 aromatic rings. The van der Waals surface area contributed by atoms with Crippen molar-refractivity contribution in [3.8, 4) is 11.3 Å². The topological polar surface area (TPSA) is 108 Å². The molecule has 254 valence electrons. The van der Waals surface area contributed by atoms with E-state index in [9.17, 15) is 9.90 Å². The number of hydrogen-bond donors (Lipinski definition) is 2. The van der Waals surface area contributed by atoms with Crippen LogP contribution in [0.25, 0.3) is 22.3 Å². The highest BCUT2D eigenvalue weighted by Crippen LogP contribution is 2.43. The second-order valence-electron chi connectivity index (χ2n) is 15.1. The van der Waals surface area contributed by atoms with Crippen LogP contribution in [0.5, 0.6) is 0 Å². The normalized spacial score (nSPS) is 23.9. The lowest BCUT2D eigenvalue weighted by atomic mass is 9.71. The second-order valence-corrected chi connectivity index (χ2v) is 15.1. The molecule has 1 saturated carbocycles. The summed E-state index contributed by atoms with van der Waals surface area (Å²) in [7, 11) is 4.12. The predicted molar refractivity (Wildman–Crippen MR) is 188 cm³/mol. The van der Waals surface area contributed by atoms with Gasteiger partial charge in [0.1, 0.15) is 0 Å². The lowest BCUT2D eigenvalue weighted by Crippen LogP contribution is -2.63. The van der Waals surface area contributed by atoms with Crippen LogP contribution in [0.3, 0.4) is 0 Å². The van der Waals surface area contributed by atoms with Gasteiger partial charge in [0.2, 0.25) is 5.95 Å². The van der Waals surface area contributed by atoms with Gasteiger partial charge >= 0.3 is 0 Å². The summed E-state index contributed by atoms with van der Waals surface area (Å²) in [6, 6.07) is 11.0. The van der Waals surface area contributed by atoms with Crippen LogP contribution in [0.4, 0.5) is 11.6 Å². The number of nitrogens with one attached hydrogen (secondary N) is 1. The molecule has 0 unspecified atom stereocenters. The number of anilines is 2. The van der Waals surface area contributed by atoms with Crippen molar-refractivity contribution in [3.05, 3.63) is 54.0 Å². The molecule has 8 rings (SSSR count). The number of imidazole rings is 1. The van der Waals surface area contributed by atoms with E-state index in [0.717, 1.165) is 61.1 Å². The zero-order valence-corrected chi connectivity index (χ0v) is 28.6. The minimum absolute atomic E-state index is 0.151. The summed E-state index contributed by atoms with van der Waals surface area (Å²) >= 11 is 0. The number of rotatable bonds is 6. The van der Waals surface area contributed by atoms with Crippen LogP contribution in [0.15, 0.2) is 42.7 Å². The molecule has 1 aromatic carbocycles. The number of likely N-dealkylation sites (tertiary alicyclic amines) is 2. The number of piperidine rings is 2. The molecule has 11 heteroatoms. The average Bonchev–Trinajstić information content (AvgIpc) is 3.67. The smallest absolute Gasteiger partial charge is 0.258 e. The number of nitrogens with zero attached hydrogens (tertiary/aromatic N) is 8. The standard InChI is InChI=1S/C37H49N9O2/c1-25-18-26(19-33(39-25)27-21-38-43(3)22-27)35(48)41-36-40-32-9-6-30(20-34(32)46(36)29-4-7-31(47)8-5-29)44-14-10-28(11-15-44)45-23-37(24-45)12-16-42(2)17-13-37/h6,9,18-22,28-29,31,47H,4-5,7-8,10-17,23-24H2,1-3H3,(H,40,41,48)/t29-,31+. The third-order valence-corrected chi connectivity index (χ3v) is 11.6. The molecule has 0 atom stereocenters. The lowest BCUT2D eigenvalue weighted by molar-refractivity contribution is -0.0704. The fraction of sp³-hybridized carbons (Fsp3) is 0.568. The number of benzene rings is 1. The Kier molecular flexibility index (Phi) is 8.25. The fourth-order valence-electron chi connectivity index (χ4n) is 8.70. The Hall–Kier alpha value is -3.80. The minimum atomic E-state index is -0.266. The van der Waals surface area contributed by atoms with Crippen LogP contribution in [0.1, 0.15) is 73.5 Å². The number of amides is 1. The summed E-state index contributed by atoms with van der Waals surface area (Å²) in [5, 5.41) is 17.8. The summed E-state index contributed by atoms with van der Waals surface area (Å²) < 4.78 is 3.96. The van der Waals surface area contributed by atoms with Crippen molar-refractivity contribution >= 4 is 28.6 Å². The number of aliphatic hydroxyl groups is 1. The van der Waals surface area contributed by atoms with Crippen LogP contribution >= 0.6 is 0 Å². The molecule has 6 heterocycles. The summed E-state index contributed by atoms with van der Waals surface area (Å²) in [6.45, 7) is 9.06. The van der Waals surface area contributed by atoms with Crippen molar-refractivity contribution in [3.63, 3.8) is 0 Å². The number of pyridine rings is 1. The molecule has 4 aliphatic rings. The van der Waals surface area contributed by atoms with Crippen LogP contribution in [-0.2, 0) is 7.05 Å². The first-order valence-corrected chi connectivity index (χ1v) is 17.9. The monoisotopic (exact) mass is 651 g/mol. The van der Waals surface area contributed by atoms with Crippen LogP contribution in [0, 0.1) is 12.3 Å². The van der Waals surface area contributed by atoms with Gasteiger partial charge in [-0.25, -0.2) is 4.98 Å². The third-order valence-electron chi connectivity index (χ3n) is 11.6. The van der Waals surface area contributed by atoms with Crippen molar-refractivity contribution < 1.29 is 9.90 Å². The van der Waals surface area contributed by atoms with Crippen molar-refractivity contribution in [2.75, 3.05) is 56.5 Å². The number of carbonyl (C=O) groups is 1. The second kappa shape index (κ2) is 12.6. The van der Waals surface area contributed by atoms with Gasteiger partial charge in [-0.15, -0.1) is 0 Å². The minimum Gasteiger partial charge on any atom is -0.393 e. The number of aromatic nitrogens is 5. The highest BCUT2D eigenvalue weighted by Gasteiger charge is 2.46. The van der Waals surface area contributed by atoms with Gasteiger partial charge in [0.05, 0.1) is 29.0 Å². The van der Waals surface area contributed by atoms with Crippen molar-refractivity contribution in [1.29, 1.82) is 0 Å². The first kappa shape index (κ1) is 31.5. The molecule has 0 radical (unpaired) electrons. The molecule has 11 nitrogen and oxygen atoms in total. The van der Waals surface area contributed by atoms with Gasteiger partial charge in [0, 0.05) is 74.0 Å². The van der Waals surface area contributed by atoms with E-state index < -0.39 is 0 Å². The maximum absolute atomic E-state index is 13.8. The summed E-state index contributed by atoms with van der Waals surface area (Å²) in [6.07, 6.45) is 11.7. The SMILES string of the molecule is Cc1cc(C(=O)Nc2nc3ccc(N4CCC(N5CC6(CCN(C)CC6)C5)CC4)cc3n2[C@H]2CC[C@@H](O)CC2)cc(-c2cnn(C)c2)n1. The molecule has 4 fully saturated rings. The molecule has 3 saturated heterocycles. The van der Waals surface area contributed by atoms with Crippen molar-refractivity contribution in [2.45, 2.75) is 76.5 Å². The summed E-state index contributed by atoms with van der Waals surface area (Å²) in [5.41, 5.74) is 6.59. The molecule has 0 bridgehead atoms. The van der Waals surface area contributed by atoms with Gasteiger partial charge < -0.3 is 19.5 Å². The summed E-state index contributed by atoms with van der Waals surface area (Å²) in [4.78, 5) is 31.2. The number of aliphatic hydroxyl groups excluding tert-OH is 1. The van der Waals surface area contributed by atoms with E-state index in [-0.39, 0.29) is 18.1 Å². The molecular formula is C37H49N9O2. The molecule has 3 aliphatic heterocycles.